The van der Waals surface area contributed by atoms with E-state index in [0.29, 0.717) is 41.6 Å². The van der Waals surface area contributed by atoms with Gasteiger partial charge in [-0.05, 0) is 30.5 Å². The number of carbonyl (C=O) groups is 1. The molecule has 0 spiro atoms. The molecule has 0 radical (unpaired) electrons. The van der Waals surface area contributed by atoms with Crippen LogP contribution in [0.2, 0.25) is 0 Å². The van der Waals surface area contributed by atoms with Crippen LogP contribution in [0.15, 0.2) is 46.3 Å². The zero-order valence-electron chi connectivity index (χ0n) is 14.6. The van der Waals surface area contributed by atoms with Crippen molar-refractivity contribution in [1.29, 1.82) is 0 Å². The monoisotopic (exact) mass is 396 g/mol. The van der Waals surface area contributed by atoms with Gasteiger partial charge < -0.3 is 14.0 Å². The summed E-state index contributed by atoms with van der Waals surface area (Å²) in [6.45, 7) is 1.35. The quantitative estimate of drug-likeness (QED) is 0.502. The first-order valence-corrected chi connectivity index (χ1v) is 10.3. The number of terminal acetylenes is 1. The number of thiazole rings is 1. The molecule has 4 rings (SSSR count). The number of hydrogen-bond donors (Lipinski definition) is 0. The minimum Gasteiger partial charge on any atom is -0.486 e. The number of fused-ring (bicyclic) bond motifs is 2. The zero-order chi connectivity index (χ0) is 18.8. The number of carbonyl (C=O) groups excluding carboxylic acids is 1. The summed E-state index contributed by atoms with van der Waals surface area (Å²) in [7, 11) is 0. The van der Waals surface area contributed by atoms with Crippen LogP contribution in [-0.2, 0) is 6.54 Å². The first kappa shape index (κ1) is 17.7. The summed E-state index contributed by atoms with van der Waals surface area (Å²) < 4.78 is 14.1. The molecule has 1 aliphatic heterocycles. The van der Waals surface area contributed by atoms with Gasteiger partial charge >= 0.3 is 0 Å². The highest BCUT2D eigenvalue weighted by molar-refractivity contribution is 7.98. The SMILES string of the molecule is C#CCn1c(=NC(=O)c2ccc(SC)cc2)sc2cc3c(cc21)OCCO3. The third kappa shape index (κ3) is 3.46. The van der Waals surface area contributed by atoms with Crippen LogP contribution in [0.1, 0.15) is 10.4 Å². The van der Waals surface area contributed by atoms with E-state index in [2.05, 4.69) is 10.9 Å². The molecule has 7 heteroatoms. The fourth-order valence-corrected chi connectivity index (χ4v) is 4.27. The summed E-state index contributed by atoms with van der Waals surface area (Å²) in [6.07, 6.45) is 7.53. The van der Waals surface area contributed by atoms with Crippen molar-refractivity contribution in [2.75, 3.05) is 19.5 Å². The first-order chi connectivity index (χ1) is 13.2. The van der Waals surface area contributed by atoms with E-state index in [1.165, 1.54) is 11.3 Å². The summed E-state index contributed by atoms with van der Waals surface area (Å²) >= 11 is 3.03. The van der Waals surface area contributed by atoms with Crippen molar-refractivity contribution >= 4 is 39.2 Å². The molecule has 2 aromatic carbocycles. The Bertz CT molecular complexity index is 1120. The van der Waals surface area contributed by atoms with Gasteiger partial charge in [-0.1, -0.05) is 17.3 Å². The number of amides is 1. The Labute approximate surface area is 164 Å². The van der Waals surface area contributed by atoms with Crippen LogP contribution >= 0.6 is 23.1 Å². The predicted molar refractivity (Wildman–Crippen MR) is 108 cm³/mol. The number of rotatable bonds is 3. The molecule has 1 aromatic heterocycles. The predicted octanol–water partition coefficient (Wildman–Crippen LogP) is 3.57. The standard InChI is InChI=1S/C20H16N2O3S2/c1-3-8-22-15-11-16-17(25-10-9-24-16)12-18(15)27-20(22)21-19(23)13-4-6-14(26-2)7-5-13/h1,4-7,11-12H,8-10H2,2H3. The number of nitrogens with zero attached hydrogens (tertiary/aromatic N) is 2. The van der Waals surface area contributed by atoms with Gasteiger partial charge in [-0.25, -0.2) is 0 Å². The van der Waals surface area contributed by atoms with Crippen molar-refractivity contribution < 1.29 is 14.3 Å². The summed E-state index contributed by atoms with van der Waals surface area (Å²) in [5.41, 5.74) is 1.43. The van der Waals surface area contributed by atoms with Crippen molar-refractivity contribution in [3.05, 3.63) is 46.8 Å². The molecule has 0 aliphatic carbocycles. The highest BCUT2D eigenvalue weighted by atomic mass is 32.2. The second-order valence-corrected chi connectivity index (χ2v) is 7.67. The molecule has 2 heterocycles. The average Bonchev–Trinajstić information content (AvgIpc) is 3.02. The lowest BCUT2D eigenvalue weighted by molar-refractivity contribution is 0.0998. The fourth-order valence-electron chi connectivity index (χ4n) is 2.82. The maximum atomic E-state index is 12.6. The van der Waals surface area contributed by atoms with Gasteiger partial charge in [0.25, 0.3) is 5.91 Å². The van der Waals surface area contributed by atoms with Crippen molar-refractivity contribution in [3.63, 3.8) is 0 Å². The Balaban J connectivity index is 1.81. The van der Waals surface area contributed by atoms with Crippen LogP contribution in [0.3, 0.4) is 0 Å². The molecule has 0 saturated carbocycles. The van der Waals surface area contributed by atoms with E-state index in [4.69, 9.17) is 15.9 Å². The Morgan fingerprint density at radius 2 is 1.96 bits per heavy atom. The number of aromatic nitrogens is 1. The van der Waals surface area contributed by atoms with E-state index in [1.807, 2.05) is 35.1 Å². The van der Waals surface area contributed by atoms with Crippen molar-refractivity contribution in [2.45, 2.75) is 11.4 Å². The number of benzene rings is 2. The van der Waals surface area contributed by atoms with E-state index >= 15 is 0 Å². The highest BCUT2D eigenvalue weighted by Crippen LogP contribution is 2.35. The van der Waals surface area contributed by atoms with Crippen LogP contribution in [0.25, 0.3) is 10.2 Å². The Morgan fingerprint density at radius 3 is 2.63 bits per heavy atom. The highest BCUT2D eigenvalue weighted by Gasteiger charge is 2.16. The molecule has 3 aromatic rings. The molecule has 0 saturated heterocycles. The average molecular weight is 396 g/mol. The van der Waals surface area contributed by atoms with E-state index < -0.39 is 0 Å². The minimum absolute atomic E-state index is 0.294. The van der Waals surface area contributed by atoms with Crippen LogP contribution in [-0.4, -0.2) is 29.9 Å². The molecule has 0 bridgehead atoms. The number of hydrogen-bond acceptors (Lipinski definition) is 5. The van der Waals surface area contributed by atoms with Crippen molar-refractivity contribution in [2.24, 2.45) is 4.99 Å². The van der Waals surface area contributed by atoms with Gasteiger partial charge in [0.2, 0.25) is 0 Å². The summed E-state index contributed by atoms with van der Waals surface area (Å²) in [6, 6.07) is 11.2. The molecule has 0 fully saturated rings. The van der Waals surface area contributed by atoms with E-state index in [0.717, 1.165) is 15.1 Å². The molecule has 1 amide bonds. The Hall–Kier alpha value is -2.69. The van der Waals surface area contributed by atoms with E-state index in [9.17, 15) is 4.79 Å². The Morgan fingerprint density at radius 1 is 1.26 bits per heavy atom. The van der Waals surface area contributed by atoms with Gasteiger partial charge in [-0.15, -0.1) is 18.2 Å². The molecule has 27 heavy (non-hydrogen) atoms. The lowest BCUT2D eigenvalue weighted by Gasteiger charge is -2.18. The minimum atomic E-state index is -0.294. The summed E-state index contributed by atoms with van der Waals surface area (Å²) in [5, 5.41) is 0. The number of ether oxygens (including phenoxy) is 2. The first-order valence-electron chi connectivity index (χ1n) is 8.29. The van der Waals surface area contributed by atoms with Crippen LogP contribution < -0.4 is 14.3 Å². The van der Waals surface area contributed by atoms with Crippen LogP contribution in [0, 0.1) is 12.3 Å². The third-order valence-corrected chi connectivity index (χ3v) is 5.91. The molecule has 1 aliphatic rings. The van der Waals surface area contributed by atoms with Gasteiger partial charge in [0.15, 0.2) is 16.3 Å². The maximum absolute atomic E-state index is 12.6. The molecular weight excluding hydrogens is 380 g/mol. The fraction of sp³-hybridized carbons (Fsp3) is 0.200. The van der Waals surface area contributed by atoms with Gasteiger partial charge in [0.05, 0.1) is 16.8 Å². The van der Waals surface area contributed by atoms with Gasteiger partial charge in [0.1, 0.15) is 13.2 Å². The summed E-state index contributed by atoms with van der Waals surface area (Å²) in [5.74, 6) is 3.73. The number of thioether (sulfide) groups is 1. The maximum Gasteiger partial charge on any atom is 0.279 e. The largest absolute Gasteiger partial charge is 0.486 e. The Kier molecular flexibility index (Phi) is 4.92. The van der Waals surface area contributed by atoms with E-state index in [-0.39, 0.29) is 5.91 Å². The molecule has 136 valence electrons. The van der Waals surface area contributed by atoms with Gasteiger partial charge in [-0.2, -0.15) is 4.99 Å². The smallest absolute Gasteiger partial charge is 0.279 e. The lowest BCUT2D eigenvalue weighted by Crippen LogP contribution is -2.17. The normalized spacial score (nSPS) is 13.6. The topological polar surface area (TPSA) is 52.8 Å². The van der Waals surface area contributed by atoms with Gasteiger partial charge in [0, 0.05) is 22.6 Å². The lowest BCUT2D eigenvalue weighted by atomic mass is 10.2. The van der Waals surface area contributed by atoms with Gasteiger partial charge in [-0.3, -0.25) is 4.79 Å². The molecular formula is C20H16N2O3S2. The second-order valence-electron chi connectivity index (χ2n) is 5.78. The van der Waals surface area contributed by atoms with Crippen molar-refractivity contribution in [1.82, 2.24) is 4.57 Å². The third-order valence-electron chi connectivity index (χ3n) is 4.13. The summed E-state index contributed by atoms with van der Waals surface area (Å²) in [4.78, 5) is 18.6. The zero-order valence-corrected chi connectivity index (χ0v) is 16.2. The van der Waals surface area contributed by atoms with Crippen molar-refractivity contribution in [3.8, 4) is 23.8 Å². The molecule has 5 nitrogen and oxygen atoms in total. The van der Waals surface area contributed by atoms with Crippen LogP contribution in [0.4, 0.5) is 0 Å². The van der Waals surface area contributed by atoms with E-state index in [1.54, 1.807) is 23.9 Å². The van der Waals surface area contributed by atoms with Crippen LogP contribution in [0.5, 0.6) is 11.5 Å². The molecule has 0 unspecified atom stereocenters. The molecule has 0 atom stereocenters. The second kappa shape index (κ2) is 7.51. The molecule has 0 N–H and O–H groups in total.